The van der Waals surface area contributed by atoms with Gasteiger partial charge in [0, 0.05) is 5.75 Å². The van der Waals surface area contributed by atoms with E-state index in [9.17, 15) is 18.0 Å². The quantitative estimate of drug-likeness (QED) is 0.770. The lowest BCUT2D eigenvalue weighted by Crippen LogP contribution is -2.02. The molecule has 1 aromatic carbocycles. The fourth-order valence-electron chi connectivity index (χ4n) is 1.02. The number of esters is 1. The molecule has 2 nitrogen and oxygen atoms in total. The molecule has 0 bridgehead atoms. The molecule has 0 aliphatic rings. The van der Waals surface area contributed by atoms with Gasteiger partial charge in [-0.2, -0.15) is 13.2 Å². The SMILES string of the molecule is COC(=O)c1ccc(CSC(F)(F)F)cc1. The van der Waals surface area contributed by atoms with E-state index in [2.05, 4.69) is 4.74 Å². The lowest BCUT2D eigenvalue weighted by atomic mass is 10.1. The first-order chi connectivity index (χ1) is 7.42. The van der Waals surface area contributed by atoms with Gasteiger partial charge in [-0.3, -0.25) is 0 Å². The van der Waals surface area contributed by atoms with Crippen molar-refractivity contribution in [2.75, 3.05) is 7.11 Å². The van der Waals surface area contributed by atoms with Gasteiger partial charge in [-0.1, -0.05) is 12.1 Å². The maximum atomic E-state index is 11.9. The van der Waals surface area contributed by atoms with E-state index in [4.69, 9.17) is 0 Å². The Morgan fingerprint density at radius 2 is 1.88 bits per heavy atom. The van der Waals surface area contributed by atoms with E-state index in [-0.39, 0.29) is 17.5 Å². The van der Waals surface area contributed by atoms with E-state index in [1.807, 2.05) is 0 Å². The van der Waals surface area contributed by atoms with Crippen molar-refractivity contribution in [1.82, 2.24) is 0 Å². The molecule has 0 aliphatic heterocycles. The second-order valence-electron chi connectivity index (χ2n) is 2.92. The van der Waals surface area contributed by atoms with Crippen molar-refractivity contribution in [2.24, 2.45) is 0 Å². The zero-order chi connectivity index (χ0) is 12.2. The van der Waals surface area contributed by atoms with Crippen LogP contribution in [-0.4, -0.2) is 18.6 Å². The van der Waals surface area contributed by atoms with Crippen molar-refractivity contribution < 1.29 is 22.7 Å². The third-order valence-corrected chi connectivity index (χ3v) is 2.58. The summed E-state index contributed by atoms with van der Waals surface area (Å²) in [6.45, 7) is 0. The summed E-state index contributed by atoms with van der Waals surface area (Å²) in [5, 5.41) is 0. The highest BCUT2D eigenvalue weighted by Crippen LogP contribution is 2.32. The number of hydrogen-bond donors (Lipinski definition) is 0. The lowest BCUT2D eigenvalue weighted by Gasteiger charge is -2.05. The van der Waals surface area contributed by atoms with E-state index < -0.39 is 11.5 Å². The van der Waals surface area contributed by atoms with Crippen LogP contribution < -0.4 is 0 Å². The zero-order valence-corrected chi connectivity index (χ0v) is 9.19. The Kier molecular flexibility index (Phi) is 4.23. The van der Waals surface area contributed by atoms with E-state index in [0.717, 1.165) is 0 Å². The minimum atomic E-state index is -4.24. The third kappa shape index (κ3) is 4.14. The predicted molar refractivity (Wildman–Crippen MR) is 55.1 cm³/mol. The number of rotatable bonds is 3. The molecule has 6 heteroatoms. The van der Waals surface area contributed by atoms with Crippen LogP contribution in [0, 0.1) is 0 Å². The molecule has 0 N–H and O–H groups in total. The van der Waals surface area contributed by atoms with Crippen LogP contribution in [0.3, 0.4) is 0 Å². The van der Waals surface area contributed by atoms with Crippen LogP contribution in [0.2, 0.25) is 0 Å². The smallest absolute Gasteiger partial charge is 0.442 e. The van der Waals surface area contributed by atoms with E-state index in [0.29, 0.717) is 11.1 Å². The number of halogens is 3. The normalized spacial score (nSPS) is 11.2. The van der Waals surface area contributed by atoms with Gasteiger partial charge in [0.15, 0.2) is 0 Å². The molecule has 0 saturated carbocycles. The molecule has 0 unspecified atom stereocenters. The van der Waals surface area contributed by atoms with Gasteiger partial charge in [0.25, 0.3) is 0 Å². The summed E-state index contributed by atoms with van der Waals surface area (Å²) in [5.74, 6) is -0.666. The van der Waals surface area contributed by atoms with Gasteiger partial charge in [-0.15, -0.1) is 0 Å². The summed E-state index contributed by atoms with van der Waals surface area (Å²) >= 11 is -0.110. The summed E-state index contributed by atoms with van der Waals surface area (Å²) in [7, 11) is 1.25. The topological polar surface area (TPSA) is 26.3 Å². The maximum absolute atomic E-state index is 11.9. The zero-order valence-electron chi connectivity index (χ0n) is 8.38. The van der Waals surface area contributed by atoms with Gasteiger partial charge in [-0.05, 0) is 29.5 Å². The molecule has 88 valence electrons. The molecule has 0 atom stereocenters. The molecule has 0 spiro atoms. The van der Waals surface area contributed by atoms with Gasteiger partial charge in [0.1, 0.15) is 0 Å². The van der Waals surface area contributed by atoms with Gasteiger partial charge in [0.2, 0.25) is 0 Å². The van der Waals surface area contributed by atoms with Crippen molar-refractivity contribution in [3.8, 4) is 0 Å². The lowest BCUT2D eigenvalue weighted by molar-refractivity contribution is -0.0329. The van der Waals surface area contributed by atoms with E-state index in [1.54, 1.807) is 0 Å². The number of methoxy groups -OCH3 is 1. The van der Waals surface area contributed by atoms with Crippen molar-refractivity contribution in [2.45, 2.75) is 11.3 Å². The molecule has 0 radical (unpaired) electrons. The Bertz CT molecular complexity index is 359. The maximum Gasteiger partial charge on any atom is 0.442 e. The monoisotopic (exact) mass is 250 g/mol. The largest absolute Gasteiger partial charge is 0.465 e. The second kappa shape index (κ2) is 5.25. The predicted octanol–water partition coefficient (Wildman–Crippen LogP) is 3.23. The number of thioether (sulfide) groups is 1. The first kappa shape index (κ1) is 12.9. The minimum Gasteiger partial charge on any atom is -0.465 e. The highest BCUT2D eigenvalue weighted by atomic mass is 32.2. The first-order valence-corrected chi connectivity index (χ1v) is 5.29. The summed E-state index contributed by atoms with van der Waals surface area (Å²) in [4.78, 5) is 11.0. The minimum absolute atomic E-state index is 0.110. The van der Waals surface area contributed by atoms with Crippen LogP contribution in [0.5, 0.6) is 0 Å². The van der Waals surface area contributed by atoms with E-state index in [1.165, 1.54) is 31.4 Å². The summed E-state index contributed by atoms with van der Waals surface area (Å²) in [6.07, 6.45) is 0. The average Bonchev–Trinajstić information content (AvgIpc) is 2.25. The molecule has 0 amide bonds. The van der Waals surface area contributed by atoms with Crippen molar-refractivity contribution in [1.29, 1.82) is 0 Å². The summed E-state index contributed by atoms with van der Waals surface area (Å²) in [6, 6.07) is 5.84. The van der Waals surface area contributed by atoms with Crippen LogP contribution >= 0.6 is 11.8 Å². The van der Waals surface area contributed by atoms with Crippen LogP contribution in [0.25, 0.3) is 0 Å². The Morgan fingerprint density at radius 1 is 1.31 bits per heavy atom. The molecule has 0 saturated heterocycles. The number of carbonyl (C=O) groups excluding carboxylic acids is 1. The van der Waals surface area contributed by atoms with Gasteiger partial charge < -0.3 is 4.74 Å². The molecular weight excluding hydrogens is 241 g/mol. The Morgan fingerprint density at radius 3 is 2.31 bits per heavy atom. The molecule has 0 fully saturated rings. The number of alkyl halides is 3. The van der Waals surface area contributed by atoms with Crippen molar-refractivity contribution in [3.05, 3.63) is 35.4 Å². The highest BCUT2D eigenvalue weighted by Gasteiger charge is 2.27. The number of hydrogen-bond acceptors (Lipinski definition) is 3. The van der Waals surface area contributed by atoms with E-state index >= 15 is 0 Å². The Labute approximate surface area is 94.8 Å². The number of benzene rings is 1. The highest BCUT2D eigenvalue weighted by molar-refractivity contribution is 7.99. The van der Waals surface area contributed by atoms with Crippen LogP contribution in [0.4, 0.5) is 13.2 Å². The van der Waals surface area contributed by atoms with Crippen LogP contribution in [0.1, 0.15) is 15.9 Å². The van der Waals surface area contributed by atoms with Gasteiger partial charge in [0.05, 0.1) is 12.7 Å². The fraction of sp³-hybridized carbons (Fsp3) is 0.300. The molecule has 0 aliphatic carbocycles. The standard InChI is InChI=1S/C10H9F3O2S/c1-15-9(14)8-4-2-7(3-5-8)6-16-10(11,12)13/h2-5H,6H2,1H3. The molecule has 16 heavy (non-hydrogen) atoms. The first-order valence-electron chi connectivity index (χ1n) is 4.30. The summed E-state index contributed by atoms with van der Waals surface area (Å²) in [5.41, 5.74) is -3.40. The second-order valence-corrected chi connectivity index (χ2v) is 3.96. The number of carbonyl (C=O) groups is 1. The molecule has 0 aromatic heterocycles. The third-order valence-electron chi connectivity index (χ3n) is 1.78. The summed E-state index contributed by atoms with van der Waals surface area (Å²) < 4.78 is 40.1. The fourth-order valence-corrected chi connectivity index (χ4v) is 1.54. The molecule has 1 rings (SSSR count). The van der Waals surface area contributed by atoms with Crippen molar-refractivity contribution in [3.63, 3.8) is 0 Å². The average molecular weight is 250 g/mol. The molecular formula is C10H9F3O2S. The Hall–Kier alpha value is -1.17. The molecule has 0 heterocycles. The van der Waals surface area contributed by atoms with Gasteiger partial charge in [-0.25, -0.2) is 4.79 Å². The Balaban J connectivity index is 2.62. The van der Waals surface area contributed by atoms with Crippen LogP contribution in [-0.2, 0) is 10.5 Å². The number of ether oxygens (including phenoxy) is 1. The van der Waals surface area contributed by atoms with Crippen molar-refractivity contribution >= 4 is 17.7 Å². The molecule has 1 aromatic rings. The van der Waals surface area contributed by atoms with Gasteiger partial charge >= 0.3 is 11.5 Å². The van der Waals surface area contributed by atoms with Crippen LogP contribution in [0.15, 0.2) is 24.3 Å².